The Morgan fingerprint density at radius 2 is 2.11 bits per heavy atom. The zero-order valence-electron chi connectivity index (χ0n) is 10.4. The third-order valence-electron chi connectivity index (χ3n) is 3.45. The Morgan fingerprint density at radius 3 is 2.89 bits per heavy atom. The van der Waals surface area contributed by atoms with Crippen LogP contribution in [0, 0.1) is 6.92 Å². The number of halogens is 1. The van der Waals surface area contributed by atoms with Gasteiger partial charge in [0, 0.05) is 35.2 Å². The van der Waals surface area contributed by atoms with Gasteiger partial charge >= 0.3 is 0 Å². The van der Waals surface area contributed by atoms with E-state index in [1.165, 1.54) is 16.8 Å². The summed E-state index contributed by atoms with van der Waals surface area (Å²) < 4.78 is 3.28. The van der Waals surface area contributed by atoms with Gasteiger partial charge in [-0.05, 0) is 24.6 Å². The average molecular weight is 306 g/mol. The lowest BCUT2D eigenvalue weighted by Gasteiger charge is -2.15. The lowest BCUT2D eigenvalue weighted by Crippen LogP contribution is -2.25. The number of rotatable bonds is 2. The van der Waals surface area contributed by atoms with Crippen LogP contribution in [0.1, 0.15) is 22.5 Å². The molecule has 1 aromatic heterocycles. The van der Waals surface area contributed by atoms with Gasteiger partial charge in [-0.2, -0.15) is 5.10 Å². The monoisotopic (exact) mass is 305 g/mol. The van der Waals surface area contributed by atoms with Crippen LogP contribution in [0.5, 0.6) is 0 Å². The van der Waals surface area contributed by atoms with Crippen LogP contribution in [0.4, 0.5) is 0 Å². The molecule has 0 bridgehead atoms. The molecule has 0 amide bonds. The molecular formula is C14H16BrN3. The molecule has 94 valence electrons. The van der Waals surface area contributed by atoms with E-state index in [0.29, 0.717) is 0 Å². The van der Waals surface area contributed by atoms with Crippen molar-refractivity contribution in [2.24, 2.45) is 0 Å². The van der Waals surface area contributed by atoms with Gasteiger partial charge in [-0.3, -0.25) is 4.68 Å². The first kappa shape index (κ1) is 11.9. The van der Waals surface area contributed by atoms with Gasteiger partial charge in [0.25, 0.3) is 0 Å². The van der Waals surface area contributed by atoms with Crippen molar-refractivity contribution in [1.82, 2.24) is 15.1 Å². The molecule has 0 unspecified atom stereocenters. The maximum atomic E-state index is 4.67. The molecule has 1 aliphatic rings. The van der Waals surface area contributed by atoms with Crippen molar-refractivity contribution in [3.63, 3.8) is 0 Å². The number of hydrogen-bond acceptors (Lipinski definition) is 2. The molecule has 1 aromatic carbocycles. The van der Waals surface area contributed by atoms with Gasteiger partial charge < -0.3 is 5.32 Å². The van der Waals surface area contributed by atoms with Crippen LogP contribution >= 0.6 is 15.9 Å². The van der Waals surface area contributed by atoms with E-state index in [2.05, 4.69) is 62.2 Å². The van der Waals surface area contributed by atoms with Gasteiger partial charge in [0.15, 0.2) is 0 Å². The summed E-state index contributed by atoms with van der Waals surface area (Å²) in [7, 11) is 0. The summed E-state index contributed by atoms with van der Waals surface area (Å²) in [4.78, 5) is 0. The summed E-state index contributed by atoms with van der Waals surface area (Å²) in [5.74, 6) is 0. The summed E-state index contributed by atoms with van der Waals surface area (Å²) in [6.45, 7) is 4.98. The first-order valence-electron chi connectivity index (χ1n) is 6.24. The molecule has 3 nitrogen and oxygen atoms in total. The van der Waals surface area contributed by atoms with Gasteiger partial charge in [0.1, 0.15) is 0 Å². The van der Waals surface area contributed by atoms with E-state index in [-0.39, 0.29) is 0 Å². The van der Waals surface area contributed by atoms with Crippen molar-refractivity contribution < 1.29 is 0 Å². The van der Waals surface area contributed by atoms with Crippen molar-refractivity contribution >= 4 is 15.9 Å². The zero-order chi connectivity index (χ0) is 12.5. The van der Waals surface area contributed by atoms with Crippen molar-refractivity contribution in [3.8, 4) is 0 Å². The summed E-state index contributed by atoms with van der Waals surface area (Å²) in [5.41, 5.74) is 5.24. The summed E-state index contributed by atoms with van der Waals surface area (Å²) >= 11 is 3.46. The Bertz CT molecular complexity index is 557. The molecule has 0 fully saturated rings. The van der Waals surface area contributed by atoms with Crippen LogP contribution in [0.25, 0.3) is 0 Å². The summed E-state index contributed by atoms with van der Waals surface area (Å²) in [5, 5.41) is 8.08. The van der Waals surface area contributed by atoms with Gasteiger partial charge in [-0.1, -0.05) is 28.1 Å². The minimum absolute atomic E-state index is 0.865. The largest absolute Gasteiger partial charge is 0.312 e. The Hall–Kier alpha value is -1.13. The molecule has 0 aliphatic carbocycles. The topological polar surface area (TPSA) is 29.9 Å². The first-order chi connectivity index (χ1) is 8.74. The number of hydrogen-bond donors (Lipinski definition) is 1. The van der Waals surface area contributed by atoms with Crippen LogP contribution in [-0.4, -0.2) is 16.3 Å². The molecule has 0 saturated heterocycles. The minimum atomic E-state index is 0.865. The normalized spacial score (nSPS) is 14.6. The third-order valence-corrected chi connectivity index (χ3v) is 3.98. The quantitative estimate of drug-likeness (QED) is 0.924. The van der Waals surface area contributed by atoms with E-state index >= 15 is 0 Å². The maximum absolute atomic E-state index is 4.67. The fourth-order valence-electron chi connectivity index (χ4n) is 2.49. The molecule has 18 heavy (non-hydrogen) atoms. The second kappa shape index (κ2) is 4.86. The molecule has 2 heterocycles. The van der Waals surface area contributed by atoms with E-state index in [0.717, 1.165) is 36.2 Å². The van der Waals surface area contributed by atoms with Gasteiger partial charge in [0.2, 0.25) is 0 Å². The molecular weight excluding hydrogens is 290 g/mol. The molecule has 0 atom stereocenters. The Kier molecular flexibility index (Phi) is 3.22. The van der Waals surface area contributed by atoms with E-state index < -0.39 is 0 Å². The molecule has 4 heteroatoms. The number of fused-ring (bicyclic) bond motifs is 1. The maximum Gasteiger partial charge on any atom is 0.0662 e. The van der Waals surface area contributed by atoms with Crippen LogP contribution in [0.15, 0.2) is 28.7 Å². The highest BCUT2D eigenvalue weighted by Gasteiger charge is 2.17. The number of nitrogens with zero attached hydrogens (tertiary/aromatic N) is 2. The van der Waals surface area contributed by atoms with Crippen LogP contribution in [0.3, 0.4) is 0 Å². The number of aryl methyl sites for hydroxylation is 1. The number of benzene rings is 1. The van der Waals surface area contributed by atoms with E-state index in [1.54, 1.807) is 0 Å². The van der Waals surface area contributed by atoms with Crippen molar-refractivity contribution in [3.05, 3.63) is 51.3 Å². The zero-order valence-corrected chi connectivity index (χ0v) is 12.0. The third kappa shape index (κ3) is 2.22. The highest BCUT2D eigenvalue weighted by Crippen LogP contribution is 2.19. The van der Waals surface area contributed by atoms with Crippen LogP contribution in [-0.2, 0) is 19.5 Å². The van der Waals surface area contributed by atoms with Gasteiger partial charge in [0.05, 0.1) is 12.2 Å². The second-order valence-electron chi connectivity index (χ2n) is 4.72. The highest BCUT2D eigenvalue weighted by molar-refractivity contribution is 9.10. The second-order valence-corrected chi connectivity index (χ2v) is 5.64. The summed E-state index contributed by atoms with van der Waals surface area (Å²) in [6.07, 6.45) is 1.08. The fourth-order valence-corrected chi connectivity index (χ4v) is 2.75. The first-order valence-corrected chi connectivity index (χ1v) is 7.03. The predicted molar refractivity (Wildman–Crippen MR) is 75.6 cm³/mol. The molecule has 0 radical (unpaired) electrons. The molecule has 3 rings (SSSR count). The van der Waals surface area contributed by atoms with E-state index in [1.807, 2.05) is 0 Å². The standard InChI is InChI=1S/C14H16BrN3/c1-10-13-8-16-7-6-14(13)18(17-10)9-11-2-4-12(15)5-3-11/h2-5,16H,6-9H2,1H3. The molecule has 1 aliphatic heterocycles. The lowest BCUT2D eigenvalue weighted by atomic mass is 10.1. The molecule has 2 aromatic rings. The summed E-state index contributed by atoms with van der Waals surface area (Å²) in [6, 6.07) is 8.46. The highest BCUT2D eigenvalue weighted by atomic mass is 79.9. The van der Waals surface area contributed by atoms with Crippen molar-refractivity contribution in [1.29, 1.82) is 0 Å². The Labute approximate surface area is 115 Å². The Balaban J connectivity index is 1.91. The van der Waals surface area contributed by atoms with Crippen LogP contribution < -0.4 is 5.32 Å². The molecule has 0 saturated carbocycles. The number of nitrogens with one attached hydrogen (secondary N) is 1. The van der Waals surface area contributed by atoms with Gasteiger partial charge in [-0.15, -0.1) is 0 Å². The van der Waals surface area contributed by atoms with Crippen LogP contribution in [0.2, 0.25) is 0 Å². The predicted octanol–water partition coefficient (Wildman–Crippen LogP) is 2.65. The minimum Gasteiger partial charge on any atom is -0.312 e. The SMILES string of the molecule is Cc1nn(Cc2ccc(Br)cc2)c2c1CNCC2. The number of aromatic nitrogens is 2. The van der Waals surface area contributed by atoms with E-state index in [9.17, 15) is 0 Å². The van der Waals surface area contributed by atoms with Gasteiger partial charge in [-0.25, -0.2) is 0 Å². The van der Waals surface area contributed by atoms with E-state index in [4.69, 9.17) is 0 Å². The fraction of sp³-hybridized carbons (Fsp3) is 0.357. The average Bonchev–Trinajstić information content (AvgIpc) is 2.70. The molecule has 1 N–H and O–H groups in total. The smallest absolute Gasteiger partial charge is 0.0662 e. The Morgan fingerprint density at radius 1 is 1.33 bits per heavy atom. The van der Waals surface area contributed by atoms with Crippen molar-refractivity contribution in [2.45, 2.75) is 26.4 Å². The molecule has 0 spiro atoms. The van der Waals surface area contributed by atoms with Crippen molar-refractivity contribution in [2.75, 3.05) is 6.54 Å². The lowest BCUT2D eigenvalue weighted by molar-refractivity contribution is 0.582.